The van der Waals surface area contributed by atoms with Crippen LogP contribution in [0, 0.1) is 0 Å². The Hall–Kier alpha value is -4.47. The van der Waals surface area contributed by atoms with Crippen LogP contribution in [0.4, 0.5) is 0 Å². The number of rotatable bonds is 4. The molecule has 33 heavy (non-hydrogen) atoms. The topological polar surface area (TPSA) is 141 Å². The third-order valence-corrected chi connectivity index (χ3v) is 5.74. The molecule has 2 amide bonds. The number of oxazole rings is 1. The molecule has 2 aromatic heterocycles. The lowest BCUT2D eigenvalue weighted by Gasteiger charge is -2.37. The molecule has 0 saturated carbocycles. The number of aromatic nitrogens is 3. The van der Waals surface area contributed by atoms with E-state index in [1.54, 1.807) is 23.1 Å². The standard InChI is InChI=1S/C23H19N5O5/c29-19-10-14(11-25-27-19)21(30)24-12-17-15-5-2-1-4-13(15)8-9-28(17)22(31)16-6-3-7-18-20(16)26-23(32)33-18/h1-7,10-11,17H,8-9,12H2,(H,24,30)(H,26,32)(H,27,29). The molecule has 166 valence electrons. The van der Waals surface area contributed by atoms with Gasteiger partial charge < -0.3 is 14.6 Å². The summed E-state index contributed by atoms with van der Waals surface area (Å²) < 4.78 is 5.09. The maximum absolute atomic E-state index is 13.6. The van der Waals surface area contributed by atoms with Crippen LogP contribution in [-0.4, -0.2) is 45.0 Å². The Bertz CT molecular complexity index is 1480. The van der Waals surface area contributed by atoms with Gasteiger partial charge in [0.2, 0.25) is 0 Å². The minimum atomic E-state index is -0.635. The highest BCUT2D eigenvalue weighted by Gasteiger charge is 2.32. The van der Waals surface area contributed by atoms with Gasteiger partial charge in [-0.15, -0.1) is 0 Å². The lowest BCUT2D eigenvalue weighted by molar-refractivity contribution is 0.0650. The molecule has 10 nitrogen and oxygen atoms in total. The van der Waals surface area contributed by atoms with Gasteiger partial charge in [0, 0.05) is 19.2 Å². The van der Waals surface area contributed by atoms with Gasteiger partial charge in [-0.2, -0.15) is 5.10 Å². The normalized spacial score (nSPS) is 15.3. The van der Waals surface area contributed by atoms with E-state index in [2.05, 4.69) is 20.5 Å². The molecule has 5 rings (SSSR count). The monoisotopic (exact) mass is 445 g/mol. The number of hydrogen-bond acceptors (Lipinski definition) is 6. The van der Waals surface area contributed by atoms with E-state index in [0.29, 0.717) is 29.6 Å². The van der Waals surface area contributed by atoms with Gasteiger partial charge in [-0.05, 0) is 29.7 Å². The molecule has 1 unspecified atom stereocenters. The first-order valence-electron chi connectivity index (χ1n) is 10.3. The van der Waals surface area contributed by atoms with Crippen LogP contribution in [0.2, 0.25) is 0 Å². The third-order valence-electron chi connectivity index (χ3n) is 5.74. The average molecular weight is 445 g/mol. The molecule has 10 heteroatoms. The van der Waals surface area contributed by atoms with Crippen molar-refractivity contribution in [2.45, 2.75) is 12.5 Å². The summed E-state index contributed by atoms with van der Waals surface area (Å²) >= 11 is 0. The molecule has 2 aromatic carbocycles. The van der Waals surface area contributed by atoms with Crippen molar-refractivity contribution in [2.75, 3.05) is 13.1 Å². The largest absolute Gasteiger partial charge is 0.417 e. The molecule has 1 aliphatic heterocycles. The van der Waals surface area contributed by atoms with E-state index < -0.39 is 23.3 Å². The number of H-pyrrole nitrogens is 2. The van der Waals surface area contributed by atoms with Gasteiger partial charge in [0.05, 0.1) is 28.9 Å². The molecule has 0 fully saturated rings. The van der Waals surface area contributed by atoms with E-state index in [1.807, 2.05) is 24.3 Å². The summed E-state index contributed by atoms with van der Waals surface area (Å²) in [6.07, 6.45) is 1.92. The zero-order valence-corrected chi connectivity index (χ0v) is 17.3. The smallest absolute Gasteiger partial charge is 0.408 e. The zero-order valence-electron chi connectivity index (χ0n) is 17.3. The Morgan fingerprint density at radius 3 is 2.85 bits per heavy atom. The number of hydrogen-bond donors (Lipinski definition) is 3. The van der Waals surface area contributed by atoms with Gasteiger partial charge in [-0.25, -0.2) is 9.89 Å². The third kappa shape index (κ3) is 3.82. The molecule has 1 atom stereocenters. The zero-order chi connectivity index (χ0) is 22.9. The molecule has 0 saturated heterocycles. The fourth-order valence-corrected chi connectivity index (χ4v) is 4.21. The first-order valence-corrected chi connectivity index (χ1v) is 10.3. The van der Waals surface area contributed by atoms with Crippen molar-refractivity contribution in [1.29, 1.82) is 0 Å². The predicted octanol–water partition coefficient (Wildman–Crippen LogP) is 1.37. The Balaban J connectivity index is 1.48. The maximum atomic E-state index is 13.6. The molecule has 0 aliphatic carbocycles. The van der Waals surface area contributed by atoms with E-state index in [9.17, 15) is 19.2 Å². The molecule has 3 heterocycles. The van der Waals surface area contributed by atoms with Gasteiger partial charge in [-0.1, -0.05) is 30.3 Å². The van der Waals surface area contributed by atoms with Crippen molar-refractivity contribution in [1.82, 2.24) is 25.4 Å². The van der Waals surface area contributed by atoms with Crippen LogP contribution in [0.1, 0.15) is 37.9 Å². The number of carbonyl (C=O) groups excluding carboxylic acids is 2. The second-order valence-electron chi connectivity index (χ2n) is 7.70. The average Bonchev–Trinajstić information content (AvgIpc) is 3.22. The number of benzene rings is 2. The van der Waals surface area contributed by atoms with Gasteiger partial charge in [0.15, 0.2) is 5.58 Å². The second-order valence-corrected chi connectivity index (χ2v) is 7.70. The summed E-state index contributed by atoms with van der Waals surface area (Å²) in [6.45, 7) is 0.563. The van der Waals surface area contributed by atoms with Crippen LogP contribution in [0.5, 0.6) is 0 Å². The highest BCUT2D eigenvalue weighted by molar-refractivity contribution is 6.04. The lowest BCUT2D eigenvalue weighted by atomic mass is 9.91. The summed E-state index contributed by atoms with van der Waals surface area (Å²) in [5.74, 6) is -1.39. The minimum Gasteiger partial charge on any atom is -0.408 e. The summed E-state index contributed by atoms with van der Waals surface area (Å²) in [5, 5.41) is 8.69. The number of nitrogens with zero attached hydrogens (tertiary/aromatic N) is 2. The van der Waals surface area contributed by atoms with Gasteiger partial charge in [-0.3, -0.25) is 19.4 Å². The predicted molar refractivity (Wildman–Crippen MR) is 118 cm³/mol. The van der Waals surface area contributed by atoms with Crippen molar-refractivity contribution in [3.63, 3.8) is 0 Å². The first-order chi connectivity index (χ1) is 16.0. The van der Waals surface area contributed by atoms with E-state index in [-0.39, 0.29) is 18.0 Å². The number of amides is 2. The van der Waals surface area contributed by atoms with Gasteiger partial charge in [0.1, 0.15) is 0 Å². The number of carbonyl (C=O) groups is 2. The minimum absolute atomic E-state index is 0.126. The fourth-order valence-electron chi connectivity index (χ4n) is 4.21. The molecule has 0 bridgehead atoms. The summed E-state index contributed by atoms with van der Waals surface area (Å²) in [7, 11) is 0. The van der Waals surface area contributed by atoms with E-state index >= 15 is 0 Å². The second kappa shape index (κ2) is 8.23. The number of aromatic amines is 2. The first kappa shape index (κ1) is 20.4. The molecular formula is C23H19N5O5. The van der Waals surface area contributed by atoms with Crippen LogP contribution in [0.25, 0.3) is 11.1 Å². The summed E-state index contributed by atoms with van der Waals surface area (Å²) in [6, 6.07) is 13.4. The van der Waals surface area contributed by atoms with Crippen LogP contribution in [-0.2, 0) is 6.42 Å². The van der Waals surface area contributed by atoms with Crippen molar-refractivity contribution < 1.29 is 14.0 Å². The van der Waals surface area contributed by atoms with Crippen LogP contribution in [0.15, 0.2) is 68.7 Å². The Labute approximate surface area is 186 Å². The Morgan fingerprint density at radius 1 is 1.15 bits per heavy atom. The van der Waals surface area contributed by atoms with Crippen molar-refractivity contribution >= 4 is 22.9 Å². The quantitative estimate of drug-likeness (QED) is 0.433. The molecule has 4 aromatic rings. The van der Waals surface area contributed by atoms with Crippen LogP contribution >= 0.6 is 0 Å². The lowest BCUT2D eigenvalue weighted by Crippen LogP contribution is -2.45. The SMILES string of the molecule is O=C(NCC1c2ccccc2CCN1C(=O)c1cccc2oc(=O)[nH]c12)c1cn[nH]c(=O)c1. The van der Waals surface area contributed by atoms with E-state index in [4.69, 9.17) is 4.42 Å². The van der Waals surface area contributed by atoms with Crippen molar-refractivity contribution in [3.8, 4) is 0 Å². The van der Waals surface area contributed by atoms with E-state index in [1.165, 1.54) is 6.20 Å². The van der Waals surface area contributed by atoms with Crippen LogP contribution in [0.3, 0.4) is 0 Å². The highest BCUT2D eigenvalue weighted by atomic mass is 16.4. The van der Waals surface area contributed by atoms with Crippen molar-refractivity contribution in [3.05, 3.63) is 97.9 Å². The Morgan fingerprint density at radius 2 is 2.00 bits per heavy atom. The maximum Gasteiger partial charge on any atom is 0.417 e. The molecule has 0 radical (unpaired) electrons. The van der Waals surface area contributed by atoms with Gasteiger partial charge in [0.25, 0.3) is 17.4 Å². The number of fused-ring (bicyclic) bond motifs is 2. The molecule has 0 spiro atoms. The van der Waals surface area contributed by atoms with Crippen molar-refractivity contribution in [2.24, 2.45) is 0 Å². The molecule has 3 N–H and O–H groups in total. The molecule has 1 aliphatic rings. The molecular weight excluding hydrogens is 426 g/mol. The van der Waals surface area contributed by atoms with Crippen LogP contribution < -0.4 is 16.6 Å². The number of nitrogens with one attached hydrogen (secondary N) is 3. The van der Waals surface area contributed by atoms with Gasteiger partial charge >= 0.3 is 5.76 Å². The number of para-hydroxylation sites is 1. The summed E-state index contributed by atoms with van der Waals surface area (Å²) in [4.78, 5) is 53.6. The van der Waals surface area contributed by atoms with E-state index in [0.717, 1.165) is 17.2 Å². The Kier molecular flexibility index (Phi) is 5.09. The highest BCUT2D eigenvalue weighted by Crippen LogP contribution is 2.31. The fraction of sp³-hybridized carbons (Fsp3) is 0.174. The summed E-state index contributed by atoms with van der Waals surface area (Å²) in [5.41, 5.74) is 2.61.